The Morgan fingerprint density at radius 3 is 2.11 bits per heavy atom. The fourth-order valence-electron chi connectivity index (χ4n) is 3.34. The number of hydrogen-bond donors (Lipinski definition) is 1. The van der Waals surface area contributed by atoms with Gasteiger partial charge in [0.1, 0.15) is 11.5 Å². The summed E-state index contributed by atoms with van der Waals surface area (Å²) in [5.41, 5.74) is 3.33. The number of rotatable bonds is 9. The topological polar surface area (TPSA) is 47.6 Å². The average Bonchev–Trinajstić information content (AvgIpc) is 2.64. The zero-order valence-corrected chi connectivity index (χ0v) is 17.9. The molecule has 0 aliphatic heterocycles. The van der Waals surface area contributed by atoms with Gasteiger partial charge in [0.2, 0.25) is 0 Å². The molecule has 2 unspecified atom stereocenters. The Bertz CT molecular complexity index is 748. The Morgan fingerprint density at radius 2 is 1.61 bits per heavy atom. The summed E-state index contributed by atoms with van der Waals surface area (Å²) >= 11 is 0. The maximum atomic E-state index is 13.0. The first-order valence-electron chi connectivity index (χ1n) is 10.0. The van der Waals surface area contributed by atoms with Crippen LogP contribution in [-0.4, -0.2) is 19.1 Å². The smallest absolute Gasteiger partial charge is 0.261 e. The molecule has 28 heavy (non-hydrogen) atoms. The predicted molar refractivity (Wildman–Crippen MR) is 114 cm³/mol. The van der Waals surface area contributed by atoms with Crippen LogP contribution in [0.4, 0.5) is 0 Å². The van der Waals surface area contributed by atoms with Crippen LogP contribution >= 0.6 is 0 Å². The number of amides is 1. The van der Waals surface area contributed by atoms with E-state index in [1.54, 1.807) is 7.11 Å². The van der Waals surface area contributed by atoms with Gasteiger partial charge in [-0.1, -0.05) is 39.0 Å². The summed E-state index contributed by atoms with van der Waals surface area (Å²) in [5.74, 6) is 1.92. The highest BCUT2D eigenvalue weighted by molar-refractivity contribution is 5.81. The summed E-state index contributed by atoms with van der Waals surface area (Å²) in [5, 5.41) is 3.20. The van der Waals surface area contributed by atoms with E-state index in [9.17, 15) is 4.79 Å². The van der Waals surface area contributed by atoms with Crippen LogP contribution < -0.4 is 14.8 Å². The highest BCUT2D eigenvalue weighted by Gasteiger charge is 2.23. The maximum absolute atomic E-state index is 13.0. The highest BCUT2D eigenvalue weighted by Crippen LogP contribution is 2.25. The SMILES string of the molecule is CCC(Oc1cc(C)cc(C)c1)C(=O)NC(CC(C)C)c1ccc(OC)cc1. The van der Waals surface area contributed by atoms with Crippen LogP contribution in [0.5, 0.6) is 11.5 Å². The molecule has 0 saturated heterocycles. The van der Waals surface area contributed by atoms with Gasteiger partial charge in [0.05, 0.1) is 13.2 Å². The van der Waals surface area contributed by atoms with Gasteiger partial charge in [-0.05, 0) is 73.6 Å². The molecule has 4 heteroatoms. The molecule has 0 fully saturated rings. The Balaban J connectivity index is 2.14. The van der Waals surface area contributed by atoms with Crippen molar-refractivity contribution < 1.29 is 14.3 Å². The standard InChI is InChI=1S/C24H33NO3/c1-7-23(28-21-14-17(4)13-18(5)15-21)24(26)25-22(12-16(2)3)19-8-10-20(27-6)11-9-19/h8-11,13-16,22-23H,7,12H2,1-6H3,(H,25,26). The van der Waals surface area contributed by atoms with E-state index in [4.69, 9.17) is 9.47 Å². The molecule has 1 amide bonds. The molecule has 0 bridgehead atoms. The Hall–Kier alpha value is -2.49. The van der Waals surface area contributed by atoms with Crippen molar-refractivity contribution in [3.63, 3.8) is 0 Å². The number of ether oxygens (including phenoxy) is 2. The molecule has 2 rings (SSSR count). The molecule has 2 aromatic rings. The molecule has 0 aliphatic carbocycles. The van der Waals surface area contributed by atoms with Crippen molar-refractivity contribution in [1.82, 2.24) is 5.32 Å². The fraction of sp³-hybridized carbons (Fsp3) is 0.458. The van der Waals surface area contributed by atoms with E-state index in [0.717, 1.165) is 34.6 Å². The van der Waals surface area contributed by atoms with Crippen molar-refractivity contribution in [3.05, 3.63) is 59.2 Å². The van der Waals surface area contributed by atoms with E-state index in [1.165, 1.54) is 0 Å². The molecule has 0 saturated carbocycles. The fourth-order valence-corrected chi connectivity index (χ4v) is 3.34. The van der Waals surface area contributed by atoms with Gasteiger partial charge in [-0.15, -0.1) is 0 Å². The number of hydrogen-bond acceptors (Lipinski definition) is 3. The van der Waals surface area contributed by atoms with Crippen LogP contribution in [0.25, 0.3) is 0 Å². The van der Waals surface area contributed by atoms with Crippen LogP contribution in [-0.2, 0) is 4.79 Å². The molecule has 4 nitrogen and oxygen atoms in total. The molecule has 0 radical (unpaired) electrons. The summed E-state index contributed by atoms with van der Waals surface area (Å²) in [6.45, 7) is 10.3. The normalized spacial score (nSPS) is 13.1. The third-order valence-electron chi connectivity index (χ3n) is 4.68. The molecule has 0 spiro atoms. The number of methoxy groups -OCH3 is 1. The molecule has 152 valence electrons. The van der Waals surface area contributed by atoms with Gasteiger partial charge in [0, 0.05) is 0 Å². The Kier molecular flexibility index (Phi) is 7.91. The van der Waals surface area contributed by atoms with Gasteiger partial charge in [0.15, 0.2) is 6.10 Å². The zero-order valence-electron chi connectivity index (χ0n) is 17.9. The molecule has 0 heterocycles. The van der Waals surface area contributed by atoms with Crippen LogP contribution in [0.15, 0.2) is 42.5 Å². The average molecular weight is 384 g/mol. The summed E-state index contributed by atoms with van der Waals surface area (Å²) in [6.07, 6.45) is 0.947. The molecule has 2 aromatic carbocycles. The number of carbonyl (C=O) groups excluding carboxylic acids is 1. The lowest BCUT2D eigenvalue weighted by Gasteiger charge is -2.25. The van der Waals surface area contributed by atoms with E-state index in [0.29, 0.717) is 12.3 Å². The van der Waals surface area contributed by atoms with E-state index in [1.807, 2.05) is 57.2 Å². The van der Waals surface area contributed by atoms with E-state index < -0.39 is 6.10 Å². The molecule has 0 aromatic heterocycles. The maximum Gasteiger partial charge on any atom is 0.261 e. The summed E-state index contributed by atoms with van der Waals surface area (Å²) in [4.78, 5) is 13.0. The Labute approximate surface area is 169 Å². The lowest BCUT2D eigenvalue weighted by Crippen LogP contribution is -2.40. The number of carbonyl (C=O) groups is 1. The van der Waals surface area contributed by atoms with Crippen LogP contribution in [0.3, 0.4) is 0 Å². The molecule has 2 atom stereocenters. The van der Waals surface area contributed by atoms with E-state index in [2.05, 4.69) is 25.2 Å². The molecular weight excluding hydrogens is 350 g/mol. The van der Waals surface area contributed by atoms with Crippen molar-refractivity contribution in [2.45, 2.75) is 59.6 Å². The molecular formula is C24H33NO3. The number of aryl methyl sites for hydroxylation is 2. The van der Waals surface area contributed by atoms with Crippen molar-refractivity contribution in [2.75, 3.05) is 7.11 Å². The van der Waals surface area contributed by atoms with Gasteiger partial charge in [-0.3, -0.25) is 4.79 Å². The highest BCUT2D eigenvalue weighted by atomic mass is 16.5. The third kappa shape index (κ3) is 6.29. The summed E-state index contributed by atoms with van der Waals surface area (Å²) < 4.78 is 11.3. The van der Waals surface area contributed by atoms with Gasteiger partial charge in [-0.25, -0.2) is 0 Å². The van der Waals surface area contributed by atoms with Crippen LogP contribution in [0.1, 0.15) is 56.3 Å². The first-order chi connectivity index (χ1) is 13.3. The van der Waals surface area contributed by atoms with Crippen molar-refractivity contribution in [3.8, 4) is 11.5 Å². The van der Waals surface area contributed by atoms with Crippen LogP contribution in [0, 0.1) is 19.8 Å². The monoisotopic (exact) mass is 383 g/mol. The predicted octanol–water partition coefficient (Wildman–Crippen LogP) is 5.37. The first-order valence-corrected chi connectivity index (χ1v) is 10.0. The quantitative estimate of drug-likeness (QED) is 0.633. The minimum absolute atomic E-state index is 0.0599. The molecule has 1 N–H and O–H groups in total. The Morgan fingerprint density at radius 1 is 1.00 bits per heavy atom. The number of nitrogens with one attached hydrogen (secondary N) is 1. The van der Waals surface area contributed by atoms with E-state index in [-0.39, 0.29) is 11.9 Å². The van der Waals surface area contributed by atoms with Gasteiger partial charge >= 0.3 is 0 Å². The third-order valence-corrected chi connectivity index (χ3v) is 4.68. The molecule has 0 aliphatic rings. The minimum atomic E-state index is -0.519. The summed E-state index contributed by atoms with van der Waals surface area (Å²) in [7, 11) is 1.65. The van der Waals surface area contributed by atoms with Gasteiger partial charge < -0.3 is 14.8 Å². The van der Waals surface area contributed by atoms with Crippen molar-refractivity contribution in [2.24, 2.45) is 5.92 Å². The second kappa shape index (κ2) is 10.2. The minimum Gasteiger partial charge on any atom is -0.497 e. The largest absolute Gasteiger partial charge is 0.497 e. The van der Waals surface area contributed by atoms with Crippen molar-refractivity contribution >= 4 is 5.91 Å². The second-order valence-electron chi connectivity index (χ2n) is 7.80. The lowest BCUT2D eigenvalue weighted by molar-refractivity contribution is -0.129. The summed E-state index contributed by atoms with van der Waals surface area (Å²) in [6, 6.07) is 13.9. The van der Waals surface area contributed by atoms with Gasteiger partial charge in [-0.2, -0.15) is 0 Å². The van der Waals surface area contributed by atoms with Crippen LogP contribution in [0.2, 0.25) is 0 Å². The van der Waals surface area contributed by atoms with Gasteiger partial charge in [0.25, 0.3) is 5.91 Å². The lowest BCUT2D eigenvalue weighted by atomic mass is 9.96. The number of benzene rings is 2. The van der Waals surface area contributed by atoms with E-state index >= 15 is 0 Å². The zero-order chi connectivity index (χ0) is 20.7. The second-order valence-corrected chi connectivity index (χ2v) is 7.80. The first kappa shape index (κ1) is 21.8. The van der Waals surface area contributed by atoms with Crippen molar-refractivity contribution in [1.29, 1.82) is 0 Å².